The maximum atomic E-state index is 11.2. The summed E-state index contributed by atoms with van der Waals surface area (Å²) in [5.41, 5.74) is 0.930. The van der Waals surface area contributed by atoms with Crippen molar-refractivity contribution in [2.24, 2.45) is 5.14 Å². The SMILES string of the molecule is NS(=O)(=O)c1cccc(CNCC2CCCN2)c1. The minimum absolute atomic E-state index is 0.167. The molecule has 1 fully saturated rings. The molecule has 1 saturated heterocycles. The van der Waals surface area contributed by atoms with Crippen LogP contribution >= 0.6 is 0 Å². The van der Waals surface area contributed by atoms with Gasteiger partial charge in [-0.2, -0.15) is 0 Å². The molecule has 0 saturated carbocycles. The van der Waals surface area contributed by atoms with Gasteiger partial charge in [-0.15, -0.1) is 0 Å². The van der Waals surface area contributed by atoms with E-state index in [0.29, 0.717) is 12.6 Å². The molecule has 4 N–H and O–H groups in total. The first-order valence-corrected chi connectivity index (χ1v) is 7.66. The summed E-state index contributed by atoms with van der Waals surface area (Å²) in [6, 6.07) is 7.27. The first kappa shape index (κ1) is 13.5. The van der Waals surface area contributed by atoms with Crippen LogP contribution in [-0.2, 0) is 16.6 Å². The fourth-order valence-corrected chi connectivity index (χ4v) is 2.74. The van der Waals surface area contributed by atoms with Gasteiger partial charge in [0.2, 0.25) is 10.0 Å². The largest absolute Gasteiger partial charge is 0.313 e. The van der Waals surface area contributed by atoms with Crippen molar-refractivity contribution in [3.05, 3.63) is 29.8 Å². The third kappa shape index (κ3) is 3.78. The molecule has 0 bridgehead atoms. The molecule has 1 aromatic rings. The molecule has 1 unspecified atom stereocenters. The van der Waals surface area contributed by atoms with Gasteiger partial charge in [0, 0.05) is 19.1 Å². The Morgan fingerprint density at radius 3 is 2.94 bits per heavy atom. The van der Waals surface area contributed by atoms with E-state index >= 15 is 0 Å². The van der Waals surface area contributed by atoms with E-state index in [4.69, 9.17) is 5.14 Å². The van der Waals surface area contributed by atoms with E-state index in [2.05, 4.69) is 10.6 Å². The highest BCUT2D eigenvalue weighted by Crippen LogP contribution is 2.10. The fourth-order valence-electron chi connectivity index (χ4n) is 2.15. The molecule has 2 rings (SSSR count). The van der Waals surface area contributed by atoms with Crippen molar-refractivity contribution in [3.63, 3.8) is 0 Å². The Hall–Kier alpha value is -0.950. The summed E-state index contributed by atoms with van der Waals surface area (Å²) in [7, 11) is -3.61. The predicted octanol–water partition coefficient (Wildman–Crippen LogP) is 0.176. The van der Waals surface area contributed by atoms with Gasteiger partial charge in [0.1, 0.15) is 0 Å². The topological polar surface area (TPSA) is 84.2 Å². The zero-order valence-corrected chi connectivity index (χ0v) is 11.0. The molecular weight excluding hydrogens is 250 g/mol. The maximum absolute atomic E-state index is 11.2. The highest BCUT2D eigenvalue weighted by molar-refractivity contribution is 7.89. The Balaban J connectivity index is 1.89. The molecule has 0 amide bonds. The molecule has 1 aromatic carbocycles. The van der Waals surface area contributed by atoms with Gasteiger partial charge in [-0.1, -0.05) is 12.1 Å². The van der Waals surface area contributed by atoms with Crippen LogP contribution in [0.25, 0.3) is 0 Å². The monoisotopic (exact) mass is 269 g/mol. The molecule has 1 heterocycles. The lowest BCUT2D eigenvalue weighted by molar-refractivity contribution is 0.535. The van der Waals surface area contributed by atoms with Crippen molar-refractivity contribution in [1.29, 1.82) is 0 Å². The third-order valence-corrected chi connectivity index (χ3v) is 4.02. The molecule has 0 spiro atoms. The van der Waals surface area contributed by atoms with Crippen LogP contribution in [0.3, 0.4) is 0 Å². The summed E-state index contributed by atoms with van der Waals surface area (Å²) in [6.45, 7) is 2.65. The minimum atomic E-state index is -3.61. The van der Waals surface area contributed by atoms with E-state index < -0.39 is 10.0 Å². The van der Waals surface area contributed by atoms with Crippen molar-refractivity contribution < 1.29 is 8.42 Å². The number of benzene rings is 1. The van der Waals surface area contributed by atoms with Gasteiger partial charge < -0.3 is 10.6 Å². The van der Waals surface area contributed by atoms with E-state index in [0.717, 1.165) is 18.7 Å². The average molecular weight is 269 g/mol. The molecular formula is C12H19N3O2S. The average Bonchev–Trinajstić information content (AvgIpc) is 2.81. The van der Waals surface area contributed by atoms with E-state index in [1.165, 1.54) is 18.9 Å². The Morgan fingerprint density at radius 1 is 1.44 bits per heavy atom. The van der Waals surface area contributed by atoms with E-state index in [1.54, 1.807) is 12.1 Å². The van der Waals surface area contributed by atoms with Crippen LogP contribution < -0.4 is 15.8 Å². The number of sulfonamides is 1. The molecule has 5 nitrogen and oxygen atoms in total. The first-order valence-electron chi connectivity index (χ1n) is 6.11. The molecule has 0 aliphatic carbocycles. The molecule has 0 radical (unpaired) electrons. The summed E-state index contributed by atoms with van der Waals surface area (Å²) in [5, 5.41) is 11.8. The van der Waals surface area contributed by atoms with Crippen LogP contribution in [0.2, 0.25) is 0 Å². The lowest BCUT2D eigenvalue weighted by atomic mass is 10.2. The van der Waals surface area contributed by atoms with E-state index in [1.807, 2.05) is 6.07 Å². The lowest BCUT2D eigenvalue weighted by Gasteiger charge is -2.11. The number of rotatable bonds is 5. The standard InChI is InChI=1S/C12H19N3O2S/c13-18(16,17)12-5-1-3-10(7-12)8-14-9-11-4-2-6-15-11/h1,3,5,7,11,14-15H,2,4,6,8-9H2,(H2,13,16,17). The van der Waals surface area contributed by atoms with Crippen LogP contribution in [0.1, 0.15) is 18.4 Å². The minimum Gasteiger partial charge on any atom is -0.313 e. The second-order valence-electron chi connectivity index (χ2n) is 4.62. The highest BCUT2D eigenvalue weighted by Gasteiger charge is 2.13. The molecule has 1 aliphatic rings. The van der Waals surface area contributed by atoms with Gasteiger partial charge in [-0.25, -0.2) is 13.6 Å². The third-order valence-electron chi connectivity index (χ3n) is 3.11. The predicted molar refractivity (Wildman–Crippen MR) is 70.5 cm³/mol. The summed E-state index contributed by atoms with van der Waals surface area (Å²) < 4.78 is 22.4. The van der Waals surface area contributed by atoms with Gasteiger partial charge in [-0.05, 0) is 37.1 Å². The Bertz CT molecular complexity index is 496. The van der Waals surface area contributed by atoms with Gasteiger partial charge in [-0.3, -0.25) is 0 Å². The van der Waals surface area contributed by atoms with Gasteiger partial charge in [0.05, 0.1) is 4.90 Å². The molecule has 100 valence electrons. The molecule has 1 aliphatic heterocycles. The Morgan fingerprint density at radius 2 is 2.28 bits per heavy atom. The highest BCUT2D eigenvalue weighted by atomic mass is 32.2. The number of nitrogens with one attached hydrogen (secondary N) is 2. The zero-order valence-electron chi connectivity index (χ0n) is 10.2. The van der Waals surface area contributed by atoms with Crippen molar-refractivity contribution >= 4 is 10.0 Å². The van der Waals surface area contributed by atoms with Crippen LogP contribution in [0.5, 0.6) is 0 Å². The lowest BCUT2D eigenvalue weighted by Crippen LogP contribution is -2.33. The Labute approximate surface area is 108 Å². The van der Waals surface area contributed by atoms with E-state index in [9.17, 15) is 8.42 Å². The smallest absolute Gasteiger partial charge is 0.238 e. The Kier molecular flexibility index (Phi) is 4.34. The quantitative estimate of drug-likeness (QED) is 0.712. The van der Waals surface area contributed by atoms with Crippen LogP contribution in [0.15, 0.2) is 29.2 Å². The molecule has 18 heavy (non-hydrogen) atoms. The molecule has 6 heteroatoms. The van der Waals surface area contributed by atoms with Crippen LogP contribution in [-0.4, -0.2) is 27.5 Å². The number of primary sulfonamides is 1. The summed E-state index contributed by atoms with van der Waals surface area (Å²) >= 11 is 0. The summed E-state index contributed by atoms with van der Waals surface area (Å²) in [6.07, 6.45) is 2.43. The number of nitrogens with two attached hydrogens (primary N) is 1. The van der Waals surface area contributed by atoms with Crippen molar-refractivity contribution in [2.75, 3.05) is 13.1 Å². The number of hydrogen-bond donors (Lipinski definition) is 3. The second-order valence-corrected chi connectivity index (χ2v) is 6.18. The zero-order chi connectivity index (χ0) is 13.0. The number of hydrogen-bond acceptors (Lipinski definition) is 4. The van der Waals surface area contributed by atoms with Gasteiger partial charge in [0.15, 0.2) is 0 Å². The van der Waals surface area contributed by atoms with Crippen LogP contribution in [0, 0.1) is 0 Å². The summed E-state index contributed by atoms with van der Waals surface area (Å²) in [4.78, 5) is 0.167. The van der Waals surface area contributed by atoms with Crippen molar-refractivity contribution in [3.8, 4) is 0 Å². The fraction of sp³-hybridized carbons (Fsp3) is 0.500. The van der Waals surface area contributed by atoms with E-state index in [-0.39, 0.29) is 4.90 Å². The van der Waals surface area contributed by atoms with Gasteiger partial charge >= 0.3 is 0 Å². The summed E-state index contributed by atoms with van der Waals surface area (Å²) in [5.74, 6) is 0. The van der Waals surface area contributed by atoms with Crippen molar-refractivity contribution in [1.82, 2.24) is 10.6 Å². The van der Waals surface area contributed by atoms with Gasteiger partial charge in [0.25, 0.3) is 0 Å². The normalized spacial score (nSPS) is 20.2. The second kappa shape index (κ2) is 5.79. The maximum Gasteiger partial charge on any atom is 0.238 e. The molecule has 0 aromatic heterocycles. The first-order chi connectivity index (χ1) is 8.55. The van der Waals surface area contributed by atoms with Crippen molar-refractivity contribution in [2.45, 2.75) is 30.3 Å². The molecule has 1 atom stereocenters. The van der Waals surface area contributed by atoms with Crippen LogP contribution in [0.4, 0.5) is 0 Å².